The summed E-state index contributed by atoms with van der Waals surface area (Å²) in [5, 5.41) is 19.9. The van der Waals surface area contributed by atoms with E-state index in [2.05, 4.69) is 4.99 Å². The van der Waals surface area contributed by atoms with Gasteiger partial charge in [-0.3, -0.25) is 19.9 Å². The van der Waals surface area contributed by atoms with Crippen molar-refractivity contribution in [2.24, 2.45) is 16.5 Å². The Labute approximate surface area is 117 Å². The molecule has 12 heteroatoms. The van der Waals surface area contributed by atoms with Crippen LogP contribution in [0.3, 0.4) is 0 Å². The smallest absolute Gasteiger partial charge is 0.426 e. The van der Waals surface area contributed by atoms with Gasteiger partial charge in [-0.2, -0.15) is 13.2 Å². The van der Waals surface area contributed by atoms with Crippen LogP contribution in [0.2, 0.25) is 0 Å². The summed E-state index contributed by atoms with van der Waals surface area (Å²) in [6, 6.07) is -1.25. The first-order valence-electron chi connectivity index (χ1n) is 5.88. The molecule has 21 heavy (non-hydrogen) atoms. The highest BCUT2D eigenvalue weighted by Crippen LogP contribution is 2.24. The van der Waals surface area contributed by atoms with Gasteiger partial charge in [0.15, 0.2) is 11.9 Å². The van der Waals surface area contributed by atoms with Gasteiger partial charge >= 0.3 is 13.3 Å². The second-order valence-corrected chi connectivity index (χ2v) is 4.49. The molecular formula is C9H14BF3N4O4. The molecular weight excluding hydrogens is 296 g/mol. The van der Waals surface area contributed by atoms with E-state index < -0.39 is 48.8 Å². The van der Waals surface area contributed by atoms with E-state index in [0.29, 0.717) is 0 Å². The SMILES string of the molecule is NC(=O)CC[C@H](N)C(=O)C1N=C(C(F)(F)F)C(B(O)O)N1. The minimum Gasteiger partial charge on any atom is -0.426 e. The van der Waals surface area contributed by atoms with Gasteiger partial charge in [-0.15, -0.1) is 0 Å². The van der Waals surface area contributed by atoms with E-state index in [1.54, 1.807) is 0 Å². The standard InChI is InChI=1S/C9H14BF3N4O4/c11-9(12,13)6-7(10(20)21)17-8(16-6)5(19)3(14)1-2-4(15)18/h3,7-8,17,20-21H,1-2,14H2,(H2,15,18)/t3-,7?,8?/m0/s1. The van der Waals surface area contributed by atoms with E-state index in [-0.39, 0.29) is 12.8 Å². The zero-order chi connectivity index (χ0) is 16.4. The normalized spacial score (nSPS) is 23.6. The maximum Gasteiger partial charge on any atom is 0.476 e. The predicted molar refractivity (Wildman–Crippen MR) is 65.8 cm³/mol. The fraction of sp³-hybridized carbons (Fsp3) is 0.667. The fourth-order valence-corrected chi connectivity index (χ4v) is 1.77. The lowest BCUT2D eigenvalue weighted by Crippen LogP contribution is -2.53. The molecule has 0 fully saturated rings. The largest absolute Gasteiger partial charge is 0.476 e. The number of carbonyl (C=O) groups excluding carboxylic acids is 2. The number of amides is 1. The number of hydrogen-bond acceptors (Lipinski definition) is 7. The quantitative estimate of drug-likeness (QED) is 0.341. The van der Waals surface area contributed by atoms with Crippen molar-refractivity contribution in [3.05, 3.63) is 0 Å². The molecule has 8 nitrogen and oxygen atoms in total. The summed E-state index contributed by atoms with van der Waals surface area (Å²) in [6.45, 7) is 0. The number of alkyl halides is 3. The van der Waals surface area contributed by atoms with Crippen molar-refractivity contribution in [3.63, 3.8) is 0 Å². The number of aliphatic imine (C=N–C) groups is 1. The zero-order valence-electron chi connectivity index (χ0n) is 10.7. The van der Waals surface area contributed by atoms with Crippen LogP contribution in [0.25, 0.3) is 0 Å². The molecule has 1 aliphatic heterocycles. The molecule has 1 amide bonds. The maximum absolute atomic E-state index is 12.7. The minimum absolute atomic E-state index is 0.143. The molecule has 0 bridgehead atoms. The Balaban J connectivity index is 2.83. The summed E-state index contributed by atoms with van der Waals surface area (Å²) >= 11 is 0. The molecule has 118 valence electrons. The summed E-state index contributed by atoms with van der Waals surface area (Å²) in [4.78, 5) is 25.5. The lowest BCUT2D eigenvalue weighted by molar-refractivity contribution is -0.122. The molecule has 2 unspecified atom stereocenters. The van der Waals surface area contributed by atoms with Gasteiger partial charge in [-0.1, -0.05) is 0 Å². The van der Waals surface area contributed by atoms with E-state index in [4.69, 9.17) is 21.5 Å². The molecule has 0 saturated heterocycles. The van der Waals surface area contributed by atoms with Crippen LogP contribution in [0.4, 0.5) is 13.2 Å². The number of rotatable bonds is 6. The number of ketones is 1. The number of hydrogen-bond donors (Lipinski definition) is 5. The number of halogens is 3. The van der Waals surface area contributed by atoms with Gasteiger partial charge in [0, 0.05) is 6.42 Å². The second kappa shape index (κ2) is 6.51. The lowest BCUT2D eigenvalue weighted by Gasteiger charge is -2.16. The lowest BCUT2D eigenvalue weighted by atomic mass is 9.76. The Morgan fingerprint density at radius 2 is 2.00 bits per heavy atom. The number of primary amides is 1. The van der Waals surface area contributed by atoms with Gasteiger partial charge in [0.05, 0.1) is 12.0 Å². The number of nitrogens with one attached hydrogen (secondary N) is 1. The number of nitrogens with zero attached hydrogens (tertiary/aromatic N) is 1. The van der Waals surface area contributed by atoms with Crippen LogP contribution in [0.15, 0.2) is 4.99 Å². The number of carbonyl (C=O) groups is 2. The van der Waals surface area contributed by atoms with Crippen LogP contribution in [-0.2, 0) is 9.59 Å². The van der Waals surface area contributed by atoms with Gasteiger partial charge in [-0.05, 0) is 6.42 Å². The Kier molecular flexibility index (Phi) is 5.45. The number of nitrogens with two attached hydrogens (primary N) is 2. The molecule has 0 aromatic rings. The summed E-state index contributed by atoms with van der Waals surface area (Å²) in [5.41, 5.74) is 8.82. The van der Waals surface area contributed by atoms with E-state index in [1.807, 2.05) is 5.32 Å². The van der Waals surface area contributed by atoms with Crippen LogP contribution < -0.4 is 16.8 Å². The van der Waals surface area contributed by atoms with Crippen molar-refractivity contribution in [1.82, 2.24) is 5.32 Å². The highest BCUT2D eigenvalue weighted by Gasteiger charge is 2.50. The molecule has 0 radical (unpaired) electrons. The van der Waals surface area contributed by atoms with Gasteiger partial charge in [0.25, 0.3) is 0 Å². The molecule has 0 aromatic heterocycles. The van der Waals surface area contributed by atoms with E-state index in [0.717, 1.165) is 0 Å². The van der Waals surface area contributed by atoms with Crippen molar-refractivity contribution in [2.75, 3.05) is 0 Å². The van der Waals surface area contributed by atoms with Crippen LogP contribution in [0.1, 0.15) is 12.8 Å². The third kappa shape index (κ3) is 4.49. The molecule has 0 aliphatic carbocycles. The van der Waals surface area contributed by atoms with Crippen molar-refractivity contribution < 1.29 is 32.8 Å². The Bertz CT molecular complexity index is 457. The van der Waals surface area contributed by atoms with Gasteiger partial charge in [0.1, 0.15) is 5.71 Å². The first-order chi connectivity index (χ1) is 9.54. The maximum atomic E-state index is 12.7. The average Bonchev–Trinajstić information content (AvgIpc) is 2.79. The molecule has 0 spiro atoms. The van der Waals surface area contributed by atoms with Crippen LogP contribution >= 0.6 is 0 Å². The average molecular weight is 310 g/mol. The molecule has 3 atom stereocenters. The monoisotopic (exact) mass is 310 g/mol. The van der Waals surface area contributed by atoms with Gasteiger partial charge in [-0.25, -0.2) is 0 Å². The van der Waals surface area contributed by atoms with E-state index in [9.17, 15) is 22.8 Å². The second-order valence-electron chi connectivity index (χ2n) is 4.49. The van der Waals surface area contributed by atoms with Crippen LogP contribution in [0, 0.1) is 0 Å². The van der Waals surface area contributed by atoms with E-state index in [1.165, 1.54) is 0 Å². The first-order valence-corrected chi connectivity index (χ1v) is 5.88. The zero-order valence-corrected chi connectivity index (χ0v) is 10.7. The molecule has 1 heterocycles. The van der Waals surface area contributed by atoms with E-state index >= 15 is 0 Å². The minimum atomic E-state index is -4.92. The fourth-order valence-electron chi connectivity index (χ4n) is 1.77. The summed E-state index contributed by atoms with van der Waals surface area (Å²) in [7, 11) is -2.38. The topological polar surface area (TPSA) is 151 Å². The third-order valence-electron chi connectivity index (χ3n) is 2.83. The van der Waals surface area contributed by atoms with Gasteiger partial charge in [0.2, 0.25) is 5.91 Å². The van der Waals surface area contributed by atoms with Crippen molar-refractivity contribution in [2.45, 2.75) is 37.2 Å². The Morgan fingerprint density at radius 1 is 1.43 bits per heavy atom. The number of Topliss-reactive ketones (excluding diaryl/α,β-unsaturated/α-hetero) is 1. The van der Waals surface area contributed by atoms with Crippen molar-refractivity contribution in [1.29, 1.82) is 0 Å². The highest BCUT2D eigenvalue weighted by molar-refractivity contribution is 6.50. The summed E-state index contributed by atoms with van der Waals surface area (Å²) in [5.74, 6) is -3.55. The van der Waals surface area contributed by atoms with Crippen LogP contribution in [-0.4, -0.2) is 58.9 Å². The highest BCUT2D eigenvalue weighted by atomic mass is 19.4. The third-order valence-corrected chi connectivity index (χ3v) is 2.83. The molecule has 1 aliphatic rings. The first kappa shape index (κ1) is 17.6. The van der Waals surface area contributed by atoms with Gasteiger partial charge < -0.3 is 21.5 Å². The van der Waals surface area contributed by atoms with Crippen molar-refractivity contribution >= 4 is 24.5 Å². The molecule has 7 N–H and O–H groups in total. The molecule has 1 rings (SSSR count). The summed E-state index contributed by atoms with van der Waals surface area (Å²) in [6.07, 6.45) is -6.93. The Morgan fingerprint density at radius 3 is 2.38 bits per heavy atom. The molecule has 0 saturated carbocycles. The van der Waals surface area contributed by atoms with Crippen molar-refractivity contribution in [3.8, 4) is 0 Å². The Hall–Kier alpha value is -1.50. The molecule has 0 aromatic carbocycles. The summed E-state index contributed by atoms with van der Waals surface area (Å²) < 4.78 is 38.0. The van der Waals surface area contributed by atoms with Crippen LogP contribution in [0.5, 0.6) is 0 Å². The predicted octanol–water partition coefficient (Wildman–Crippen LogP) is -2.54.